The highest BCUT2D eigenvalue weighted by atomic mass is 35.5. The molecule has 1 aliphatic heterocycles. The average Bonchev–Trinajstić information content (AvgIpc) is 3.28. The third kappa shape index (κ3) is 5.80. The maximum atomic E-state index is 13.1. The van der Waals surface area contributed by atoms with Gasteiger partial charge in [-0.15, -0.1) is 0 Å². The van der Waals surface area contributed by atoms with E-state index in [1.54, 1.807) is 10.9 Å². The fraction of sp³-hybridized carbons (Fsp3) is 0.500. The molecule has 5 aliphatic rings. The number of ether oxygens (including phenoxy) is 2. The van der Waals surface area contributed by atoms with Crippen molar-refractivity contribution in [1.82, 2.24) is 14.9 Å². The number of nitrogens with zero attached hydrogens (tertiary/aromatic N) is 2. The van der Waals surface area contributed by atoms with Crippen molar-refractivity contribution < 1.29 is 19.4 Å². The first kappa shape index (κ1) is 28.2. The number of hydrogen-bond acceptors (Lipinski definition) is 5. The lowest BCUT2D eigenvalue weighted by atomic mass is 9.53. The van der Waals surface area contributed by atoms with Gasteiger partial charge in [0.25, 0.3) is 0 Å². The molecule has 3 atom stereocenters. The Labute approximate surface area is 255 Å². The summed E-state index contributed by atoms with van der Waals surface area (Å²) >= 11 is 12.4. The van der Waals surface area contributed by atoms with Gasteiger partial charge in [-0.05, 0) is 79.5 Å². The molecule has 8 nitrogen and oxygen atoms in total. The Morgan fingerprint density at radius 1 is 0.929 bits per heavy atom. The van der Waals surface area contributed by atoms with Crippen molar-refractivity contribution in [2.24, 2.45) is 17.8 Å². The largest absolute Gasteiger partial charge is 0.392 e. The Kier molecular flexibility index (Phi) is 7.69. The highest BCUT2D eigenvalue weighted by Gasteiger charge is 2.51. The molecule has 10 heteroatoms. The summed E-state index contributed by atoms with van der Waals surface area (Å²) < 4.78 is 14.6. The van der Waals surface area contributed by atoms with Crippen LogP contribution < -0.4 is 10.6 Å². The predicted octanol–water partition coefficient (Wildman–Crippen LogP) is 7.02. The molecule has 2 aromatic carbocycles. The molecule has 3 aromatic rings. The van der Waals surface area contributed by atoms with E-state index in [-0.39, 0.29) is 35.5 Å². The number of anilines is 1. The SMILES string of the molecule is O=C(Nc1ccc(C2OC(Cn3cnc(Cl)c3Cl)CC(c3ccc(CO)cc3)O2)cc1)NC12CC3CC(CC(C3)C1)C2. The lowest BCUT2D eigenvalue weighted by molar-refractivity contribution is -0.252. The minimum atomic E-state index is -0.626. The number of amides is 2. The highest BCUT2D eigenvalue weighted by Crippen LogP contribution is 2.55. The number of halogens is 2. The molecule has 4 aliphatic carbocycles. The zero-order valence-corrected chi connectivity index (χ0v) is 24.9. The molecule has 3 N–H and O–H groups in total. The zero-order valence-electron chi connectivity index (χ0n) is 23.3. The van der Waals surface area contributed by atoms with Crippen LogP contribution in [0, 0.1) is 17.8 Å². The summed E-state index contributed by atoms with van der Waals surface area (Å²) in [5.74, 6) is 2.31. The van der Waals surface area contributed by atoms with Crippen molar-refractivity contribution in [3.05, 3.63) is 81.9 Å². The molecule has 0 radical (unpaired) electrons. The molecule has 1 aromatic heterocycles. The van der Waals surface area contributed by atoms with Crippen LogP contribution in [0.15, 0.2) is 54.9 Å². The summed E-state index contributed by atoms with van der Waals surface area (Å²) in [5, 5.41) is 16.5. The van der Waals surface area contributed by atoms with Crippen LogP contribution in [0.5, 0.6) is 0 Å². The summed E-state index contributed by atoms with van der Waals surface area (Å²) in [4.78, 5) is 17.2. The van der Waals surface area contributed by atoms with Crippen LogP contribution in [-0.2, 0) is 22.6 Å². The number of aliphatic hydroxyl groups is 1. The topological polar surface area (TPSA) is 97.6 Å². The minimum Gasteiger partial charge on any atom is -0.392 e. The van der Waals surface area contributed by atoms with Crippen LogP contribution in [0.3, 0.4) is 0 Å². The van der Waals surface area contributed by atoms with E-state index in [4.69, 9.17) is 32.7 Å². The molecular weight excluding hydrogens is 575 g/mol. The number of benzene rings is 2. The van der Waals surface area contributed by atoms with Gasteiger partial charge < -0.3 is 29.8 Å². The summed E-state index contributed by atoms with van der Waals surface area (Å²) in [6.07, 6.45) is 8.50. The van der Waals surface area contributed by atoms with Gasteiger partial charge in [-0.25, -0.2) is 9.78 Å². The molecule has 1 saturated heterocycles. The normalized spacial score (nSPS) is 31.7. The van der Waals surface area contributed by atoms with Gasteiger partial charge in [0.15, 0.2) is 11.4 Å². The van der Waals surface area contributed by atoms with Crippen LogP contribution in [0.2, 0.25) is 10.3 Å². The van der Waals surface area contributed by atoms with E-state index in [2.05, 4.69) is 15.6 Å². The molecular formula is C32H36Cl2N4O4. The number of nitrogens with one attached hydrogen (secondary N) is 2. The van der Waals surface area contributed by atoms with E-state index in [0.717, 1.165) is 59.4 Å². The summed E-state index contributed by atoms with van der Waals surface area (Å²) in [6, 6.07) is 15.3. The Morgan fingerprint density at radius 2 is 1.57 bits per heavy atom. The number of carbonyl (C=O) groups is 1. The number of aliphatic hydroxyl groups excluding tert-OH is 1. The number of rotatable bonds is 7. The Hall–Kier alpha value is -2.62. The molecule has 2 amide bonds. The fourth-order valence-corrected chi connectivity index (χ4v) is 8.43. The first-order valence-corrected chi connectivity index (χ1v) is 15.7. The van der Waals surface area contributed by atoms with E-state index in [1.165, 1.54) is 19.3 Å². The zero-order chi connectivity index (χ0) is 28.8. The Morgan fingerprint density at radius 3 is 2.17 bits per heavy atom. The Bertz CT molecular complexity index is 1390. The van der Waals surface area contributed by atoms with Crippen LogP contribution in [0.1, 0.15) is 74.0 Å². The van der Waals surface area contributed by atoms with E-state index >= 15 is 0 Å². The third-order valence-electron chi connectivity index (χ3n) is 9.61. The predicted molar refractivity (Wildman–Crippen MR) is 160 cm³/mol. The van der Waals surface area contributed by atoms with Crippen molar-refractivity contribution in [2.75, 3.05) is 5.32 Å². The van der Waals surface area contributed by atoms with Gasteiger partial charge in [0.2, 0.25) is 0 Å². The highest BCUT2D eigenvalue weighted by molar-refractivity contribution is 6.40. The monoisotopic (exact) mass is 610 g/mol. The van der Waals surface area contributed by atoms with Gasteiger partial charge >= 0.3 is 6.03 Å². The molecule has 4 bridgehead atoms. The van der Waals surface area contributed by atoms with Gasteiger partial charge in [-0.3, -0.25) is 0 Å². The molecule has 4 saturated carbocycles. The first-order chi connectivity index (χ1) is 20.3. The molecule has 0 spiro atoms. The van der Waals surface area contributed by atoms with Gasteiger partial charge in [-0.1, -0.05) is 59.6 Å². The minimum absolute atomic E-state index is 0.0129. The number of carbonyl (C=O) groups excluding carboxylic acids is 1. The maximum absolute atomic E-state index is 13.1. The van der Waals surface area contributed by atoms with E-state index in [1.807, 2.05) is 48.5 Å². The molecule has 8 rings (SSSR count). The third-order valence-corrected chi connectivity index (χ3v) is 10.4. The molecule has 5 fully saturated rings. The lowest BCUT2D eigenvalue weighted by Gasteiger charge is -2.56. The molecule has 222 valence electrons. The van der Waals surface area contributed by atoms with Crippen molar-refractivity contribution in [1.29, 1.82) is 0 Å². The quantitative estimate of drug-likeness (QED) is 0.267. The van der Waals surface area contributed by atoms with Crippen molar-refractivity contribution in [2.45, 2.75) is 82.1 Å². The second-order valence-corrected chi connectivity index (χ2v) is 13.4. The van der Waals surface area contributed by atoms with Crippen molar-refractivity contribution in [3.8, 4) is 0 Å². The fourth-order valence-electron chi connectivity index (χ4n) is 8.11. The molecule has 2 heterocycles. The van der Waals surface area contributed by atoms with E-state index in [9.17, 15) is 9.90 Å². The van der Waals surface area contributed by atoms with Crippen molar-refractivity contribution in [3.63, 3.8) is 0 Å². The van der Waals surface area contributed by atoms with Crippen LogP contribution in [-0.4, -0.2) is 32.3 Å². The Balaban J connectivity index is 1.04. The summed E-state index contributed by atoms with van der Waals surface area (Å²) in [7, 11) is 0. The number of hydrogen-bond donors (Lipinski definition) is 3. The van der Waals surface area contributed by atoms with Crippen LogP contribution in [0.4, 0.5) is 10.5 Å². The molecule has 3 unspecified atom stereocenters. The number of imidazole rings is 1. The van der Waals surface area contributed by atoms with Gasteiger partial charge in [-0.2, -0.15) is 0 Å². The van der Waals surface area contributed by atoms with Gasteiger partial charge in [0.05, 0.1) is 31.7 Å². The second kappa shape index (κ2) is 11.5. The lowest BCUT2D eigenvalue weighted by Crippen LogP contribution is -2.60. The average molecular weight is 612 g/mol. The number of aromatic nitrogens is 2. The smallest absolute Gasteiger partial charge is 0.319 e. The summed E-state index contributed by atoms with van der Waals surface area (Å²) in [5.41, 5.74) is 3.38. The van der Waals surface area contributed by atoms with E-state index in [0.29, 0.717) is 18.1 Å². The van der Waals surface area contributed by atoms with Gasteiger partial charge in [0, 0.05) is 23.2 Å². The maximum Gasteiger partial charge on any atom is 0.319 e. The second-order valence-electron chi connectivity index (χ2n) is 12.7. The summed E-state index contributed by atoms with van der Waals surface area (Å²) in [6.45, 7) is 0.453. The number of urea groups is 1. The van der Waals surface area contributed by atoms with Gasteiger partial charge in [0.1, 0.15) is 5.15 Å². The molecule has 42 heavy (non-hydrogen) atoms. The van der Waals surface area contributed by atoms with Crippen LogP contribution in [0.25, 0.3) is 0 Å². The van der Waals surface area contributed by atoms with E-state index < -0.39 is 6.29 Å². The van der Waals surface area contributed by atoms with Crippen molar-refractivity contribution >= 4 is 34.9 Å². The standard InChI is InChI=1S/C32H36Cl2N4O4/c33-28-29(34)38(18-35-28)16-26-12-27(23-3-1-19(17-39)2-4-23)42-30(41-26)24-5-7-25(8-6-24)36-31(40)37-32-13-20-9-21(14-32)11-22(10-20)15-32/h1-8,18,20-22,26-27,30,39H,9-17H2,(H2,36,37,40). The first-order valence-electron chi connectivity index (χ1n) is 14.9. The van der Waals surface area contributed by atoms with Crippen LogP contribution >= 0.6 is 23.2 Å².